The van der Waals surface area contributed by atoms with Crippen LogP contribution in [0.4, 0.5) is 14.9 Å². The molecule has 6 nitrogen and oxygen atoms in total. The Morgan fingerprint density at radius 1 is 1.00 bits per heavy atom. The van der Waals surface area contributed by atoms with Crippen LogP contribution in [0.25, 0.3) is 0 Å². The maximum Gasteiger partial charge on any atom is 0.324 e. The van der Waals surface area contributed by atoms with Gasteiger partial charge in [-0.05, 0) is 42.7 Å². The molecule has 0 spiro atoms. The highest BCUT2D eigenvalue weighted by Gasteiger charge is 2.32. The lowest BCUT2D eigenvalue weighted by atomic mass is 10.1. The fourth-order valence-electron chi connectivity index (χ4n) is 3.98. The van der Waals surface area contributed by atoms with Gasteiger partial charge in [0.2, 0.25) is 0 Å². The molecule has 0 saturated carbocycles. The topological polar surface area (TPSA) is 51.2 Å². The average Bonchev–Trinajstić information content (AvgIpc) is 2.79. The number of ether oxygens (including phenoxy) is 3. The second kappa shape index (κ2) is 11.1. The Bertz CT molecular complexity index is 921. The Morgan fingerprint density at radius 2 is 1.75 bits per heavy atom. The number of anilines is 1. The molecule has 2 aromatic carbocycles. The third kappa shape index (κ3) is 5.64. The van der Waals surface area contributed by atoms with Gasteiger partial charge in [-0.1, -0.05) is 26.7 Å². The number of methoxy groups -OCH3 is 2. The number of rotatable bonds is 10. The van der Waals surface area contributed by atoms with E-state index >= 15 is 0 Å². The summed E-state index contributed by atoms with van der Waals surface area (Å²) in [7, 11) is 3.15. The number of unbranched alkanes of at least 4 members (excludes halogenated alkanes) is 2. The summed E-state index contributed by atoms with van der Waals surface area (Å²) >= 11 is 0. The number of carbonyl (C=O) groups is 1. The van der Waals surface area contributed by atoms with E-state index in [-0.39, 0.29) is 24.3 Å². The highest BCUT2D eigenvalue weighted by Crippen LogP contribution is 2.34. The van der Waals surface area contributed by atoms with Gasteiger partial charge in [0, 0.05) is 30.4 Å². The van der Waals surface area contributed by atoms with Crippen LogP contribution in [-0.2, 0) is 6.54 Å². The highest BCUT2D eigenvalue weighted by atomic mass is 19.1. The summed E-state index contributed by atoms with van der Waals surface area (Å²) in [5, 5.41) is 0. The van der Waals surface area contributed by atoms with Crippen molar-refractivity contribution in [3.05, 3.63) is 47.8 Å². The van der Waals surface area contributed by atoms with Gasteiger partial charge < -0.3 is 19.1 Å². The van der Waals surface area contributed by atoms with Crippen molar-refractivity contribution in [2.45, 2.75) is 39.7 Å². The first-order valence-corrected chi connectivity index (χ1v) is 11.2. The Morgan fingerprint density at radius 3 is 2.47 bits per heavy atom. The highest BCUT2D eigenvalue weighted by molar-refractivity contribution is 5.93. The van der Waals surface area contributed by atoms with Crippen LogP contribution in [0.2, 0.25) is 0 Å². The molecule has 3 rings (SSSR count). The van der Waals surface area contributed by atoms with Gasteiger partial charge in [0.15, 0.2) is 11.5 Å². The van der Waals surface area contributed by atoms with E-state index in [1.54, 1.807) is 30.1 Å². The molecule has 1 heterocycles. The number of benzene rings is 2. The second-order valence-electron chi connectivity index (χ2n) is 8.23. The molecule has 1 fully saturated rings. The molecule has 32 heavy (non-hydrogen) atoms. The number of carbonyl (C=O) groups excluding carboxylic acids is 1. The van der Waals surface area contributed by atoms with Crippen molar-refractivity contribution in [2.75, 3.05) is 38.8 Å². The van der Waals surface area contributed by atoms with E-state index < -0.39 is 0 Å². The Kier molecular flexibility index (Phi) is 8.20. The second-order valence-corrected chi connectivity index (χ2v) is 8.23. The van der Waals surface area contributed by atoms with Gasteiger partial charge in [-0.3, -0.25) is 4.90 Å². The van der Waals surface area contributed by atoms with E-state index in [0.29, 0.717) is 42.5 Å². The van der Waals surface area contributed by atoms with Gasteiger partial charge in [0.1, 0.15) is 11.6 Å². The fourth-order valence-corrected chi connectivity index (χ4v) is 3.98. The smallest absolute Gasteiger partial charge is 0.324 e. The number of amides is 2. The van der Waals surface area contributed by atoms with E-state index in [0.717, 1.165) is 24.9 Å². The standard InChI is InChI=1S/C25H33FN2O4/c1-5-6-7-12-32-24-14-21(9-11-23(24)31-4)28-16-18(2)15-27(25(28)29)17-19-13-20(26)8-10-22(19)30-3/h8-11,13-14,18H,5-7,12,15-17H2,1-4H3/t18-/m1/s1. The largest absolute Gasteiger partial charge is 0.496 e. The molecule has 1 aliphatic heterocycles. The van der Waals surface area contributed by atoms with Crippen LogP contribution in [0.3, 0.4) is 0 Å². The van der Waals surface area contributed by atoms with Crippen molar-refractivity contribution in [1.82, 2.24) is 4.90 Å². The minimum absolute atomic E-state index is 0.128. The molecule has 7 heteroatoms. The molecule has 1 aliphatic rings. The van der Waals surface area contributed by atoms with Crippen LogP contribution in [0, 0.1) is 11.7 Å². The summed E-state index contributed by atoms with van der Waals surface area (Å²) in [6, 6.07) is 9.80. The SMILES string of the molecule is CCCCCOc1cc(N2C[C@H](C)CN(Cc3cc(F)ccc3OC)C2=O)ccc1OC. The van der Waals surface area contributed by atoms with Crippen LogP contribution in [-0.4, -0.2) is 44.8 Å². The molecule has 0 radical (unpaired) electrons. The number of hydrogen-bond acceptors (Lipinski definition) is 4. The first-order valence-electron chi connectivity index (χ1n) is 11.2. The molecule has 0 aliphatic carbocycles. The van der Waals surface area contributed by atoms with Gasteiger partial charge in [-0.25, -0.2) is 9.18 Å². The predicted octanol–water partition coefficient (Wildman–Crippen LogP) is 5.49. The van der Waals surface area contributed by atoms with E-state index in [4.69, 9.17) is 14.2 Å². The zero-order valence-corrected chi connectivity index (χ0v) is 19.4. The van der Waals surface area contributed by atoms with Crippen molar-refractivity contribution in [2.24, 2.45) is 5.92 Å². The van der Waals surface area contributed by atoms with Gasteiger partial charge in [0.25, 0.3) is 0 Å². The monoisotopic (exact) mass is 444 g/mol. The quantitative estimate of drug-likeness (QED) is 0.455. The van der Waals surface area contributed by atoms with Crippen molar-refractivity contribution in [1.29, 1.82) is 0 Å². The third-order valence-electron chi connectivity index (χ3n) is 5.60. The number of hydrogen-bond donors (Lipinski definition) is 0. The van der Waals surface area contributed by atoms with Crippen LogP contribution in [0.5, 0.6) is 17.2 Å². The van der Waals surface area contributed by atoms with Gasteiger partial charge in [-0.15, -0.1) is 0 Å². The summed E-state index contributed by atoms with van der Waals surface area (Å²) < 4.78 is 30.6. The Labute approximate surface area is 189 Å². The minimum Gasteiger partial charge on any atom is -0.496 e. The summed E-state index contributed by atoms with van der Waals surface area (Å²) in [4.78, 5) is 16.9. The Balaban J connectivity index is 1.82. The van der Waals surface area contributed by atoms with Crippen LogP contribution in [0.15, 0.2) is 36.4 Å². The molecular weight excluding hydrogens is 411 g/mol. The van der Waals surface area contributed by atoms with E-state index in [2.05, 4.69) is 13.8 Å². The molecule has 1 atom stereocenters. The molecule has 0 aromatic heterocycles. The summed E-state index contributed by atoms with van der Waals surface area (Å²) in [5.74, 6) is 1.73. The number of nitrogens with zero attached hydrogens (tertiary/aromatic N) is 2. The molecule has 2 amide bonds. The van der Waals surface area contributed by atoms with E-state index in [1.165, 1.54) is 12.1 Å². The van der Waals surface area contributed by atoms with Crippen molar-refractivity contribution >= 4 is 11.7 Å². The van der Waals surface area contributed by atoms with Crippen LogP contribution in [0.1, 0.15) is 38.7 Å². The van der Waals surface area contributed by atoms with Crippen molar-refractivity contribution < 1.29 is 23.4 Å². The molecule has 1 saturated heterocycles. The zero-order valence-electron chi connectivity index (χ0n) is 19.4. The van der Waals surface area contributed by atoms with E-state index in [9.17, 15) is 9.18 Å². The predicted molar refractivity (Wildman–Crippen MR) is 123 cm³/mol. The molecule has 174 valence electrons. The molecular formula is C25H33FN2O4. The minimum atomic E-state index is -0.352. The third-order valence-corrected chi connectivity index (χ3v) is 5.60. The van der Waals surface area contributed by atoms with Crippen molar-refractivity contribution in [3.63, 3.8) is 0 Å². The zero-order chi connectivity index (χ0) is 23.1. The molecule has 2 aromatic rings. The maximum absolute atomic E-state index is 13.8. The van der Waals surface area contributed by atoms with Crippen molar-refractivity contribution in [3.8, 4) is 17.2 Å². The summed E-state index contributed by atoms with van der Waals surface area (Å²) in [6.07, 6.45) is 3.18. The first kappa shape index (κ1) is 23.7. The maximum atomic E-state index is 13.8. The number of urea groups is 1. The number of halogens is 1. The van der Waals surface area contributed by atoms with Gasteiger partial charge in [-0.2, -0.15) is 0 Å². The lowest BCUT2D eigenvalue weighted by molar-refractivity contribution is 0.177. The summed E-state index contributed by atoms with van der Waals surface area (Å²) in [5.41, 5.74) is 1.40. The lowest BCUT2D eigenvalue weighted by Crippen LogP contribution is -2.52. The fraction of sp³-hybridized carbons (Fsp3) is 0.480. The van der Waals surface area contributed by atoms with Crippen LogP contribution < -0.4 is 19.1 Å². The van der Waals surface area contributed by atoms with E-state index in [1.807, 2.05) is 18.2 Å². The van der Waals surface area contributed by atoms with Gasteiger partial charge in [0.05, 0.1) is 27.4 Å². The average molecular weight is 445 g/mol. The summed E-state index contributed by atoms with van der Waals surface area (Å²) in [6.45, 7) is 6.31. The van der Waals surface area contributed by atoms with Crippen LogP contribution >= 0.6 is 0 Å². The Hall–Kier alpha value is -2.96. The normalized spacial score (nSPS) is 16.3. The first-order chi connectivity index (χ1) is 15.5. The molecule has 0 N–H and O–H groups in total. The van der Waals surface area contributed by atoms with Gasteiger partial charge >= 0.3 is 6.03 Å². The molecule has 0 unspecified atom stereocenters. The lowest BCUT2D eigenvalue weighted by Gasteiger charge is -2.39. The molecule has 0 bridgehead atoms.